The van der Waals surface area contributed by atoms with Crippen LogP contribution in [0, 0.1) is 13.8 Å². The molecule has 2 rings (SSSR count). The van der Waals surface area contributed by atoms with Gasteiger partial charge in [-0.05, 0) is 55.3 Å². The molecule has 0 fully saturated rings. The standard InChI is InChI=1S/C16H18ClN3O2/c1-10-3-5-13(7-11(10)2)22-9-19-16(21)20-12-4-6-15(18)14(17)8-12/h3-8H,9,18H2,1-2H3,(H2,19,20,21). The molecule has 0 aliphatic rings. The molecule has 4 N–H and O–H groups in total. The minimum absolute atomic E-state index is 0.0665. The number of carbonyl (C=O) groups is 1. The van der Waals surface area contributed by atoms with Crippen molar-refractivity contribution < 1.29 is 9.53 Å². The number of nitrogens with two attached hydrogens (primary N) is 1. The van der Waals surface area contributed by atoms with Gasteiger partial charge in [0.1, 0.15) is 5.75 Å². The smallest absolute Gasteiger partial charge is 0.321 e. The molecule has 0 saturated heterocycles. The van der Waals surface area contributed by atoms with Crippen molar-refractivity contribution in [2.45, 2.75) is 13.8 Å². The molecule has 0 aliphatic carbocycles. The molecular formula is C16H18ClN3O2. The van der Waals surface area contributed by atoms with Crippen LogP contribution in [0.25, 0.3) is 0 Å². The molecule has 6 heteroatoms. The Bertz CT molecular complexity index is 689. The van der Waals surface area contributed by atoms with E-state index in [4.69, 9.17) is 22.1 Å². The maximum Gasteiger partial charge on any atom is 0.321 e. The first-order chi connectivity index (χ1) is 10.5. The number of halogens is 1. The number of aryl methyl sites for hydroxylation is 2. The van der Waals surface area contributed by atoms with Crippen LogP contribution >= 0.6 is 11.6 Å². The lowest BCUT2D eigenvalue weighted by Crippen LogP contribution is -2.32. The molecule has 0 heterocycles. The lowest BCUT2D eigenvalue weighted by atomic mass is 10.1. The summed E-state index contributed by atoms with van der Waals surface area (Å²) in [6, 6.07) is 10.3. The van der Waals surface area contributed by atoms with Gasteiger partial charge in [-0.15, -0.1) is 0 Å². The summed E-state index contributed by atoms with van der Waals surface area (Å²) >= 11 is 5.89. The number of amides is 2. The van der Waals surface area contributed by atoms with Gasteiger partial charge in [-0.3, -0.25) is 0 Å². The second kappa shape index (κ2) is 7.04. The van der Waals surface area contributed by atoms with Crippen molar-refractivity contribution >= 4 is 29.0 Å². The highest BCUT2D eigenvalue weighted by atomic mass is 35.5. The largest absolute Gasteiger partial charge is 0.473 e. The summed E-state index contributed by atoms with van der Waals surface area (Å²) in [6.45, 7) is 4.10. The number of nitrogen functional groups attached to an aromatic ring is 1. The second-order valence-electron chi connectivity index (χ2n) is 4.90. The highest BCUT2D eigenvalue weighted by molar-refractivity contribution is 6.33. The molecule has 0 unspecified atom stereocenters. The summed E-state index contributed by atoms with van der Waals surface area (Å²) in [7, 11) is 0. The van der Waals surface area contributed by atoms with Crippen LogP contribution in [-0.2, 0) is 0 Å². The summed E-state index contributed by atoms with van der Waals surface area (Å²) in [6.07, 6.45) is 0. The van der Waals surface area contributed by atoms with Crippen LogP contribution in [-0.4, -0.2) is 12.8 Å². The van der Waals surface area contributed by atoms with Crippen LogP contribution < -0.4 is 21.1 Å². The zero-order valence-corrected chi connectivity index (χ0v) is 13.2. The molecule has 0 saturated carbocycles. The lowest BCUT2D eigenvalue weighted by molar-refractivity contribution is 0.234. The van der Waals surface area contributed by atoms with Crippen LogP contribution in [0.4, 0.5) is 16.2 Å². The normalized spacial score (nSPS) is 10.1. The third kappa shape index (κ3) is 4.30. The molecule has 0 bridgehead atoms. The van der Waals surface area contributed by atoms with Crippen LogP contribution in [0.2, 0.25) is 5.02 Å². The van der Waals surface area contributed by atoms with Gasteiger partial charge in [-0.2, -0.15) is 0 Å². The predicted molar refractivity (Wildman–Crippen MR) is 89.4 cm³/mol. The van der Waals surface area contributed by atoms with Gasteiger partial charge in [0.15, 0.2) is 6.73 Å². The second-order valence-corrected chi connectivity index (χ2v) is 5.31. The first-order valence-electron chi connectivity index (χ1n) is 6.75. The van der Waals surface area contributed by atoms with E-state index in [1.54, 1.807) is 18.2 Å². The molecule has 116 valence electrons. The van der Waals surface area contributed by atoms with E-state index < -0.39 is 0 Å². The molecule has 2 aromatic rings. The fourth-order valence-electron chi connectivity index (χ4n) is 1.77. The number of urea groups is 1. The van der Waals surface area contributed by atoms with Crippen molar-refractivity contribution in [2.75, 3.05) is 17.8 Å². The van der Waals surface area contributed by atoms with Crippen LogP contribution in [0.5, 0.6) is 5.75 Å². The highest BCUT2D eigenvalue weighted by Crippen LogP contribution is 2.22. The average molecular weight is 320 g/mol. The van der Waals surface area contributed by atoms with Gasteiger partial charge in [0.25, 0.3) is 0 Å². The monoisotopic (exact) mass is 319 g/mol. The molecule has 5 nitrogen and oxygen atoms in total. The number of carbonyl (C=O) groups excluding carboxylic acids is 1. The molecule has 2 amide bonds. The fraction of sp³-hybridized carbons (Fsp3) is 0.188. The van der Waals surface area contributed by atoms with E-state index in [1.165, 1.54) is 5.56 Å². The van der Waals surface area contributed by atoms with Gasteiger partial charge in [0.05, 0.1) is 10.7 Å². The van der Waals surface area contributed by atoms with E-state index >= 15 is 0 Å². The molecule has 0 radical (unpaired) electrons. The van der Waals surface area contributed by atoms with Gasteiger partial charge in [-0.1, -0.05) is 17.7 Å². The van der Waals surface area contributed by atoms with Crippen LogP contribution in [0.15, 0.2) is 36.4 Å². The Balaban J connectivity index is 1.82. The number of nitrogens with one attached hydrogen (secondary N) is 2. The Kier molecular flexibility index (Phi) is 5.12. The van der Waals surface area contributed by atoms with Gasteiger partial charge < -0.3 is 21.1 Å². The summed E-state index contributed by atoms with van der Waals surface area (Å²) in [5.74, 6) is 0.707. The van der Waals surface area contributed by atoms with Gasteiger partial charge >= 0.3 is 6.03 Å². The first-order valence-corrected chi connectivity index (χ1v) is 7.13. The van der Waals surface area contributed by atoms with E-state index in [-0.39, 0.29) is 12.8 Å². The predicted octanol–water partition coefficient (Wildman–Crippen LogP) is 3.70. The third-order valence-corrected chi connectivity index (χ3v) is 3.54. The molecule has 0 aliphatic heterocycles. The van der Waals surface area contributed by atoms with Gasteiger partial charge in [-0.25, -0.2) is 4.79 Å². The number of benzene rings is 2. The van der Waals surface area contributed by atoms with Crippen LogP contribution in [0.3, 0.4) is 0 Å². The zero-order chi connectivity index (χ0) is 16.1. The SMILES string of the molecule is Cc1ccc(OCNC(=O)Nc2ccc(N)c(Cl)c2)cc1C. The minimum Gasteiger partial charge on any atom is -0.473 e. The van der Waals surface area contributed by atoms with E-state index in [9.17, 15) is 4.79 Å². The molecule has 0 atom stereocenters. The van der Waals surface area contributed by atoms with Gasteiger partial charge in [0.2, 0.25) is 0 Å². The quantitative estimate of drug-likeness (QED) is 0.594. The third-order valence-electron chi connectivity index (χ3n) is 3.21. The zero-order valence-electron chi connectivity index (χ0n) is 12.4. The summed E-state index contributed by atoms with van der Waals surface area (Å²) in [4.78, 5) is 11.7. The van der Waals surface area contributed by atoms with Crippen LogP contribution in [0.1, 0.15) is 11.1 Å². The maximum atomic E-state index is 11.7. The van der Waals surface area contributed by atoms with Crippen molar-refractivity contribution in [1.82, 2.24) is 5.32 Å². The first kappa shape index (κ1) is 16.0. The Morgan fingerprint density at radius 1 is 1.18 bits per heavy atom. The Morgan fingerprint density at radius 3 is 2.64 bits per heavy atom. The lowest BCUT2D eigenvalue weighted by Gasteiger charge is -2.11. The van der Waals surface area contributed by atoms with Gasteiger partial charge in [0, 0.05) is 5.69 Å². The fourth-order valence-corrected chi connectivity index (χ4v) is 1.95. The highest BCUT2D eigenvalue weighted by Gasteiger charge is 2.04. The Morgan fingerprint density at radius 2 is 1.95 bits per heavy atom. The van der Waals surface area contributed by atoms with E-state index in [2.05, 4.69) is 10.6 Å². The van der Waals surface area contributed by atoms with Crippen molar-refractivity contribution in [3.05, 3.63) is 52.5 Å². The molecule has 22 heavy (non-hydrogen) atoms. The van der Waals surface area contributed by atoms with E-state index in [1.807, 2.05) is 32.0 Å². The maximum absolute atomic E-state index is 11.7. The van der Waals surface area contributed by atoms with Crippen molar-refractivity contribution in [3.63, 3.8) is 0 Å². The number of hydrogen-bond acceptors (Lipinski definition) is 3. The molecular weight excluding hydrogens is 302 g/mol. The number of hydrogen-bond donors (Lipinski definition) is 3. The van der Waals surface area contributed by atoms with E-state index in [0.717, 1.165) is 5.56 Å². The number of rotatable bonds is 4. The molecule has 2 aromatic carbocycles. The average Bonchev–Trinajstić information content (AvgIpc) is 2.47. The number of ether oxygens (including phenoxy) is 1. The van der Waals surface area contributed by atoms with Crippen molar-refractivity contribution in [2.24, 2.45) is 0 Å². The minimum atomic E-state index is -0.385. The summed E-state index contributed by atoms with van der Waals surface area (Å²) < 4.78 is 5.48. The summed E-state index contributed by atoms with van der Waals surface area (Å²) in [5, 5.41) is 5.64. The Hall–Kier alpha value is -2.40. The number of anilines is 2. The van der Waals surface area contributed by atoms with Crippen molar-refractivity contribution in [1.29, 1.82) is 0 Å². The Labute approximate surface area is 134 Å². The molecule has 0 aromatic heterocycles. The molecule has 0 spiro atoms. The van der Waals surface area contributed by atoms with E-state index in [0.29, 0.717) is 22.1 Å². The van der Waals surface area contributed by atoms with Crippen molar-refractivity contribution in [3.8, 4) is 5.75 Å². The summed E-state index contributed by atoms with van der Waals surface area (Å²) in [5.41, 5.74) is 8.96. The topological polar surface area (TPSA) is 76.4 Å².